The quantitative estimate of drug-likeness (QED) is 0.625. The fraction of sp³-hybridized carbons (Fsp3) is 0.636. The first kappa shape index (κ1) is 13.0. The Kier molecular flexibility index (Phi) is 5.06. The molecule has 0 saturated heterocycles. The van der Waals surface area contributed by atoms with Gasteiger partial charge in [-0.15, -0.1) is 11.8 Å². The lowest BCUT2D eigenvalue weighted by Crippen LogP contribution is -2.24. The van der Waals surface area contributed by atoms with Gasteiger partial charge in [-0.1, -0.05) is 36.7 Å². The van der Waals surface area contributed by atoms with Gasteiger partial charge in [-0.05, 0) is 11.3 Å². The van der Waals surface area contributed by atoms with E-state index >= 15 is 0 Å². The van der Waals surface area contributed by atoms with Crippen molar-refractivity contribution in [1.29, 1.82) is 0 Å². The number of hydrogen-bond donors (Lipinski definition) is 0. The molecular formula is C11H17BrN2S. The van der Waals surface area contributed by atoms with Gasteiger partial charge in [-0.25, -0.2) is 4.98 Å². The van der Waals surface area contributed by atoms with Crippen LogP contribution in [0.25, 0.3) is 0 Å². The molecule has 84 valence electrons. The van der Waals surface area contributed by atoms with Crippen molar-refractivity contribution < 1.29 is 0 Å². The second-order valence-electron chi connectivity index (χ2n) is 4.57. The molecule has 0 aliphatic rings. The van der Waals surface area contributed by atoms with Crippen molar-refractivity contribution in [3.05, 3.63) is 18.6 Å². The van der Waals surface area contributed by atoms with Crippen LogP contribution >= 0.6 is 27.7 Å². The summed E-state index contributed by atoms with van der Waals surface area (Å²) in [5.41, 5.74) is 0.332. The van der Waals surface area contributed by atoms with Crippen LogP contribution in [0.3, 0.4) is 0 Å². The van der Waals surface area contributed by atoms with E-state index in [0.29, 0.717) is 11.3 Å². The van der Waals surface area contributed by atoms with Gasteiger partial charge in [0.15, 0.2) is 0 Å². The maximum absolute atomic E-state index is 4.25. The lowest BCUT2D eigenvalue weighted by atomic mass is 9.83. The van der Waals surface area contributed by atoms with Crippen LogP contribution in [0.1, 0.15) is 20.8 Å². The van der Waals surface area contributed by atoms with Gasteiger partial charge in [-0.3, -0.25) is 4.98 Å². The number of aromatic nitrogens is 2. The smallest absolute Gasteiger partial charge is 0.114 e. The average molecular weight is 289 g/mol. The highest BCUT2D eigenvalue weighted by molar-refractivity contribution is 9.09. The molecule has 1 aromatic rings. The number of thioether (sulfide) groups is 1. The molecule has 1 heterocycles. The van der Waals surface area contributed by atoms with Crippen molar-refractivity contribution in [2.45, 2.75) is 25.8 Å². The van der Waals surface area contributed by atoms with Gasteiger partial charge in [-0.2, -0.15) is 0 Å². The van der Waals surface area contributed by atoms with Gasteiger partial charge in [0.2, 0.25) is 0 Å². The third kappa shape index (κ3) is 4.51. The molecule has 0 bridgehead atoms. The maximum atomic E-state index is 4.25. The summed E-state index contributed by atoms with van der Waals surface area (Å²) in [6, 6.07) is 0. The Balaban J connectivity index is 2.49. The third-order valence-corrected chi connectivity index (χ3v) is 4.24. The lowest BCUT2D eigenvalue weighted by Gasteiger charge is -2.28. The van der Waals surface area contributed by atoms with Gasteiger partial charge in [0.1, 0.15) is 5.03 Å². The summed E-state index contributed by atoms with van der Waals surface area (Å²) in [6.07, 6.45) is 5.26. The van der Waals surface area contributed by atoms with Crippen LogP contribution in [-0.4, -0.2) is 21.1 Å². The Bertz CT molecular complexity index is 284. The number of rotatable bonds is 4. The maximum Gasteiger partial charge on any atom is 0.114 e. The van der Waals surface area contributed by atoms with Crippen molar-refractivity contribution in [2.75, 3.05) is 11.1 Å². The van der Waals surface area contributed by atoms with Crippen molar-refractivity contribution in [1.82, 2.24) is 9.97 Å². The predicted molar refractivity (Wildman–Crippen MR) is 69.5 cm³/mol. The highest BCUT2D eigenvalue weighted by Gasteiger charge is 2.23. The van der Waals surface area contributed by atoms with E-state index in [-0.39, 0.29) is 0 Å². The van der Waals surface area contributed by atoms with E-state index < -0.39 is 0 Å². The molecule has 0 N–H and O–H groups in total. The second-order valence-corrected chi connectivity index (χ2v) is 6.26. The molecule has 1 aromatic heterocycles. The van der Waals surface area contributed by atoms with Gasteiger partial charge >= 0.3 is 0 Å². The fourth-order valence-corrected chi connectivity index (χ4v) is 3.84. The highest BCUT2D eigenvalue weighted by atomic mass is 79.9. The normalized spacial score (nSPS) is 13.9. The van der Waals surface area contributed by atoms with Crippen molar-refractivity contribution in [3.8, 4) is 0 Å². The number of halogens is 1. The Morgan fingerprint density at radius 3 is 2.60 bits per heavy atom. The molecule has 0 aromatic carbocycles. The molecule has 1 unspecified atom stereocenters. The zero-order valence-corrected chi connectivity index (χ0v) is 11.8. The summed E-state index contributed by atoms with van der Waals surface area (Å²) in [5.74, 6) is 1.72. The summed E-state index contributed by atoms with van der Waals surface area (Å²) >= 11 is 5.35. The van der Waals surface area contributed by atoms with Crippen LogP contribution in [0.2, 0.25) is 0 Å². The summed E-state index contributed by atoms with van der Waals surface area (Å²) in [6.45, 7) is 6.82. The minimum absolute atomic E-state index is 0.332. The Morgan fingerprint density at radius 2 is 2.13 bits per heavy atom. The molecule has 0 amide bonds. The number of nitrogens with zero attached hydrogens (tertiary/aromatic N) is 2. The van der Waals surface area contributed by atoms with Crippen LogP contribution < -0.4 is 0 Å². The minimum Gasteiger partial charge on any atom is -0.260 e. The van der Waals surface area contributed by atoms with Crippen LogP contribution in [0, 0.1) is 11.3 Å². The Labute approximate surface area is 104 Å². The average Bonchev–Trinajstić information content (AvgIpc) is 2.18. The summed E-state index contributed by atoms with van der Waals surface area (Å²) in [7, 11) is 0. The van der Waals surface area contributed by atoms with Gasteiger partial charge < -0.3 is 0 Å². The van der Waals surface area contributed by atoms with Gasteiger partial charge in [0.05, 0.1) is 6.20 Å². The molecule has 0 saturated carbocycles. The molecular weight excluding hydrogens is 272 g/mol. The Hall–Kier alpha value is -0.0900. The SMILES string of the molecule is CC(C)(C)C(CBr)CSc1cnccn1. The summed E-state index contributed by atoms with van der Waals surface area (Å²) in [4.78, 5) is 8.31. The number of alkyl halides is 1. The number of hydrogen-bond acceptors (Lipinski definition) is 3. The topological polar surface area (TPSA) is 25.8 Å². The van der Waals surface area contributed by atoms with Crippen molar-refractivity contribution in [3.63, 3.8) is 0 Å². The first-order valence-electron chi connectivity index (χ1n) is 4.99. The molecule has 0 radical (unpaired) electrons. The van der Waals surface area contributed by atoms with Gasteiger partial charge in [0.25, 0.3) is 0 Å². The van der Waals surface area contributed by atoms with E-state index in [1.807, 2.05) is 6.20 Å². The zero-order valence-electron chi connectivity index (χ0n) is 9.40. The highest BCUT2D eigenvalue weighted by Crippen LogP contribution is 2.32. The fourth-order valence-electron chi connectivity index (χ4n) is 1.07. The molecule has 0 spiro atoms. The molecule has 2 nitrogen and oxygen atoms in total. The van der Waals surface area contributed by atoms with Crippen LogP contribution in [0.4, 0.5) is 0 Å². The molecule has 15 heavy (non-hydrogen) atoms. The second kappa shape index (κ2) is 5.85. The summed E-state index contributed by atoms with van der Waals surface area (Å²) in [5, 5.41) is 2.04. The van der Waals surface area contributed by atoms with E-state index in [1.54, 1.807) is 24.2 Å². The summed E-state index contributed by atoms with van der Waals surface area (Å²) < 4.78 is 0. The van der Waals surface area contributed by atoms with Crippen LogP contribution in [-0.2, 0) is 0 Å². The largest absolute Gasteiger partial charge is 0.260 e. The first-order chi connectivity index (χ1) is 7.04. The minimum atomic E-state index is 0.332. The van der Waals surface area contributed by atoms with Crippen molar-refractivity contribution in [2.24, 2.45) is 11.3 Å². The first-order valence-corrected chi connectivity index (χ1v) is 7.09. The predicted octanol–water partition coefficient (Wildman–Crippen LogP) is 3.63. The molecule has 0 fully saturated rings. The van der Waals surface area contributed by atoms with Crippen LogP contribution in [0.15, 0.2) is 23.6 Å². The standard InChI is InChI=1S/C11H17BrN2S/c1-11(2,3)9(6-12)8-15-10-7-13-4-5-14-10/h4-5,7,9H,6,8H2,1-3H3. The molecule has 0 aliphatic heterocycles. The molecule has 0 aliphatic carbocycles. The lowest BCUT2D eigenvalue weighted by molar-refractivity contribution is 0.295. The van der Waals surface area contributed by atoms with E-state index in [9.17, 15) is 0 Å². The monoisotopic (exact) mass is 288 g/mol. The van der Waals surface area contributed by atoms with E-state index in [1.165, 1.54) is 0 Å². The van der Waals surface area contributed by atoms with Crippen LogP contribution in [0.5, 0.6) is 0 Å². The van der Waals surface area contributed by atoms with E-state index in [4.69, 9.17) is 0 Å². The van der Waals surface area contributed by atoms with Crippen molar-refractivity contribution >= 4 is 27.7 Å². The third-order valence-electron chi connectivity index (χ3n) is 2.38. The zero-order chi connectivity index (χ0) is 11.3. The molecule has 1 rings (SSSR count). The molecule has 1 atom stereocenters. The van der Waals surface area contributed by atoms with Gasteiger partial charge in [0, 0.05) is 23.5 Å². The van der Waals surface area contributed by atoms with E-state index in [2.05, 4.69) is 46.7 Å². The Morgan fingerprint density at radius 1 is 1.40 bits per heavy atom. The van der Waals surface area contributed by atoms with E-state index in [0.717, 1.165) is 16.1 Å². The molecule has 4 heteroatoms.